The zero-order valence-corrected chi connectivity index (χ0v) is 21.1. The van der Waals surface area contributed by atoms with Crippen LogP contribution in [-0.4, -0.2) is 44.8 Å². The molecule has 1 unspecified atom stereocenters. The summed E-state index contributed by atoms with van der Waals surface area (Å²) in [4.78, 5) is 32.8. The minimum Gasteiger partial charge on any atom is -0.488 e. The van der Waals surface area contributed by atoms with E-state index in [-0.39, 0.29) is 23.9 Å². The van der Waals surface area contributed by atoms with Crippen molar-refractivity contribution in [1.29, 1.82) is 0 Å². The number of thiophene rings is 1. The molecule has 1 aromatic carbocycles. The van der Waals surface area contributed by atoms with Gasteiger partial charge in [0.1, 0.15) is 11.9 Å². The molecular weight excluding hydrogens is 484 g/mol. The second-order valence-electron chi connectivity index (χ2n) is 9.48. The van der Waals surface area contributed by atoms with Gasteiger partial charge in [-0.3, -0.25) is 19.2 Å². The maximum Gasteiger partial charge on any atom is 0.331 e. The molecule has 0 amide bonds. The fraction of sp³-hybridized carbons (Fsp3) is 0.346. The van der Waals surface area contributed by atoms with E-state index in [1.54, 1.807) is 13.2 Å². The second kappa shape index (κ2) is 8.62. The lowest BCUT2D eigenvalue weighted by Gasteiger charge is -2.26. The summed E-state index contributed by atoms with van der Waals surface area (Å²) in [5.74, 6) is 1.43. The Hall–Kier alpha value is -2.94. The number of hydrogen-bond donors (Lipinski definition) is 0. The Morgan fingerprint density at radius 3 is 2.80 bits per heavy atom. The van der Waals surface area contributed by atoms with Gasteiger partial charge in [0.2, 0.25) is 0 Å². The van der Waals surface area contributed by atoms with Gasteiger partial charge in [-0.15, -0.1) is 11.3 Å². The standard InChI is InChI=1S/C26H25ClN4O3S/c1-15-9-17(27)10-20(24(15)34-22-14-30-8-4-16(22)12-30)19-3-6-28-21-11-18(35-25(19)21)13-31-23(32)5-7-29(2)26(31)33/h3,5-7,9-11,16,22H,4,8,12-14H2,1-2H3/t16-,22+/m0/s1. The Morgan fingerprint density at radius 2 is 2.03 bits per heavy atom. The Labute approximate surface area is 211 Å². The molecule has 0 spiro atoms. The number of aromatic nitrogens is 3. The lowest BCUT2D eigenvalue weighted by Crippen LogP contribution is -2.37. The summed E-state index contributed by atoms with van der Waals surface area (Å²) in [5.41, 5.74) is 3.10. The number of fused-ring (bicyclic) bond motifs is 3. The van der Waals surface area contributed by atoms with Crippen LogP contribution in [0.3, 0.4) is 0 Å². The molecule has 0 N–H and O–H groups in total. The monoisotopic (exact) mass is 508 g/mol. The normalized spacial score (nSPS) is 21.2. The third-order valence-electron chi connectivity index (χ3n) is 7.09. The van der Waals surface area contributed by atoms with Gasteiger partial charge in [0.05, 0.1) is 16.8 Å². The Bertz CT molecular complexity index is 1570. The summed E-state index contributed by atoms with van der Waals surface area (Å²) >= 11 is 8.05. The molecule has 0 aliphatic carbocycles. The SMILES string of the molecule is Cc1cc(Cl)cc(-c2ccnc3cc(Cn4c(=O)ccn(C)c4=O)sc23)c1O[C@@H]1CN2CC[C@H]1C2. The van der Waals surface area contributed by atoms with Crippen molar-refractivity contribution in [3.63, 3.8) is 0 Å². The van der Waals surface area contributed by atoms with Crippen LogP contribution in [0, 0.1) is 12.8 Å². The average molecular weight is 509 g/mol. The van der Waals surface area contributed by atoms with E-state index in [4.69, 9.17) is 16.3 Å². The molecule has 9 heteroatoms. The van der Waals surface area contributed by atoms with Crippen molar-refractivity contribution in [1.82, 2.24) is 19.0 Å². The molecule has 3 atom stereocenters. The maximum absolute atomic E-state index is 12.5. The molecule has 0 radical (unpaired) electrons. The lowest BCUT2D eigenvalue weighted by molar-refractivity contribution is 0.141. The molecule has 0 saturated carbocycles. The number of ether oxygens (including phenoxy) is 1. The van der Waals surface area contributed by atoms with Gasteiger partial charge in [-0.2, -0.15) is 0 Å². The average Bonchev–Trinajstić information content (AvgIpc) is 3.56. The third kappa shape index (κ3) is 3.99. The van der Waals surface area contributed by atoms with E-state index in [0.717, 1.165) is 57.2 Å². The molecule has 2 saturated heterocycles. The summed E-state index contributed by atoms with van der Waals surface area (Å²) in [6.07, 6.45) is 4.63. The Morgan fingerprint density at radius 1 is 1.17 bits per heavy atom. The molecule has 2 aliphatic heterocycles. The summed E-state index contributed by atoms with van der Waals surface area (Å²) in [5, 5.41) is 0.655. The van der Waals surface area contributed by atoms with E-state index in [1.807, 2.05) is 31.2 Å². The zero-order valence-electron chi connectivity index (χ0n) is 19.5. The zero-order chi connectivity index (χ0) is 24.3. The highest BCUT2D eigenvalue weighted by atomic mass is 35.5. The van der Waals surface area contributed by atoms with E-state index in [9.17, 15) is 9.59 Å². The van der Waals surface area contributed by atoms with E-state index < -0.39 is 0 Å². The lowest BCUT2D eigenvalue weighted by atomic mass is 10.00. The van der Waals surface area contributed by atoms with Gasteiger partial charge in [0.15, 0.2) is 0 Å². The van der Waals surface area contributed by atoms with Gasteiger partial charge in [-0.05, 0) is 49.7 Å². The van der Waals surface area contributed by atoms with E-state index in [2.05, 4.69) is 9.88 Å². The molecule has 4 aromatic rings. The van der Waals surface area contributed by atoms with Gasteiger partial charge in [-0.1, -0.05) is 11.6 Å². The molecule has 2 bridgehead atoms. The van der Waals surface area contributed by atoms with E-state index >= 15 is 0 Å². The van der Waals surface area contributed by atoms with Gasteiger partial charge in [0, 0.05) is 65.5 Å². The van der Waals surface area contributed by atoms with Gasteiger partial charge >= 0.3 is 5.69 Å². The smallest absolute Gasteiger partial charge is 0.331 e. The quantitative estimate of drug-likeness (QED) is 0.409. The summed E-state index contributed by atoms with van der Waals surface area (Å²) < 4.78 is 10.3. The van der Waals surface area contributed by atoms with Crippen LogP contribution in [0.2, 0.25) is 5.02 Å². The highest BCUT2D eigenvalue weighted by Crippen LogP contribution is 2.43. The Kier molecular flexibility index (Phi) is 5.55. The number of aryl methyl sites for hydroxylation is 2. The number of nitrogens with zero attached hydrogens (tertiary/aromatic N) is 4. The first-order valence-corrected chi connectivity index (χ1v) is 12.9. The van der Waals surface area contributed by atoms with Crippen LogP contribution >= 0.6 is 22.9 Å². The molecular formula is C26H25ClN4O3S. The molecule has 7 nitrogen and oxygen atoms in total. The molecule has 35 heavy (non-hydrogen) atoms. The molecule has 180 valence electrons. The maximum atomic E-state index is 12.5. The van der Waals surface area contributed by atoms with Crippen molar-refractivity contribution in [2.75, 3.05) is 19.6 Å². The number of pyridine rings is 1. The fourth-order valence-electron chi connectivity index (χ4n) is 5.30. The molecule has 6 rings (SSSR count). The van der Waals surface area contributed by atoms with Crippen molar-refractivity contribution in [3.8, 4) is 16.9 Å². The van der Waals surface area contributed by atoms with Crippen LogP contribution in [0.5, 0.6) is 5.75 Å². The summed E-state index contributed by atoms with van der Waals surface area (Å²) in [7, 11) is 1.64. The van der Waals surface area contributed by atoms with E-state index in [0.29, 0.717) is 10.9 Å². The first-order chi connectivity index (χ1) is 16.9. The van der Waals surface area contributed by atoms with Crippen LogP contribution in [-0.2, 0) is 13.6 Å². The fourth-order valence-corrected chi connectivity index (χ4v) is 6.70. The van der Waals surface area contributed by atoms with Gasteiger partial charge in [0.25, 0.3) is 5.56 Å². The number of benzene rings is 1. The predicted molar refractivity (Wildman–Crippen MR) is 139 cm³/mol. The molecule has 2 aliphatic rings. The first-order valence-electron chi connectivity index (χ1n) is 11.7. The van der Waals surface area contributed by atoms with Crippen molar-refractivity contribution >= 4 is 33.2 Å². The Balaban J connectivity index is 1.43. The molecule has 2 fully saturated rings. The highest BCUT2D eigenvalue weighted by molar-refractivity contribution is 7.19. The van der Waals surface area contributed by atoms with Crippen molar-refractivity contribution in [3.05, 3.63) is 79.0 Å². The number of rotatable bonds is 5. The van der Waals surface area contributed by atoms with Crippen LogP contribution in [0.1, 0.15) is 16.9 Å². The first kappa shape index (κ1) is 22.5. The number of hydrogen-bond acceptors (Lipinski definition) is 6. The second-order valence-corrected chi connectivity index (χ2v) is 11.1. The van der Waals surface area contributed by atoms with E-state index in [1.165, 1.54) is 39.2 Å². The van der Waals surface area contributed by atoms with Crippen LogP contribution in [0.4, 0.5) is 0 Å². The minimum absolute atomic E-state index is 0.180. The van der Waals surface area contributed by atoms with Gasteiger partial charge < -0.3 is 9.30 Å². The van der Waals surface area contributed by atoms with Crippen molar-refractivity contribution in [2.24, 2.45) is 13.0 Å². The van der Waals surface area contributed by atoms with Crippen molar-refractivity contribution in [2.45, 2.75) is 26.0 Å². The largest absolute Gasteiger partial charge is 0.488 e. The molecule has 3 aromatic heterocycles. The van der Waals surface area contributed by atoms with Crippen LogP contribution in [0.15, 0.2) is 52.3 Å². The highest BCUT2D eigenvalue weighted by Gasteiger charge is 2.40. The van der Waals surface area contributed by atoms with Crippen molar-refractivity contribution < 1.29 is 4.74 Å². The minimum atomic E-state index is -0.342. The molecule has 5 heterocycles. The number of halogens is 1. The topological polar surface area (TPSA) is 69.4 Å². The van der Waals surface area contributed by atoms with Gasteiger partial charge in [-0.25, -0.2) is 4.79 Å². The van der Waals surface area contributed by atoms with Crippen LogP contribution in [0.25, 0.3) is 21.3 Å². The number of piperidine rings is 1. The summed E-state index contributed by atoms with van der Waals surface area (Å²) in [6.45, 7) is 5.46. The third-order valence-corrected chi connectivity index (χ3v) is 8.45. The summed E-state index contributed by atoms with van der Waals surface area (Å²) in [6, 6.07) is 9.25. The van der Waals surface area contributed by atoms with Crippen LogP contribution < -0.4 is 16.0 Å². The predicted octanol–water partition coefficient (Wildman–Crippen LogP) is 3.92.